The van der Waals surface area contributed by atoms with Gasteiger partial charge in [-0.25, -0.2) is 9.31 Å². The van der Waals surface area contributed by atoms with Crippen molar-refractivity contribution < 1.29 is 9.90 Å². The topological polar surface area (TPSA) is 133 Å². The van der Waals surface area contributed by atoms with Crippen molar-refractivity contribution in [3.63, 3.8) is 0 Å². The Morgan fingerprint density at radius 2 is 2.21 bits per heavy atom. The summed E-state index contributed by atoms with van der Waals surface area (Å²) < 4.78 is 2.15. The molecule has 0 amide bonds. The third-order valence-electron chi connectivity index (χ3n) is 1.82. The van der Waals surface area contributed by atoms with E-state index in [9.17, 15) is 4.79 Å². The second kappa shape index (κ2) is 2.31. The highest BCUT2D eigenvalue weighted by Gasteiger charge is 2.14. The lowest BCUT2D eigenvalue weighted by molar-refractivity contribution is 0.0695. The van der Waals surface area contributed by atoms with Gasteiger partial charge in [0.2, 0.25) is 11.6 Å². The average molecular weight is 194 g/mol. The fourth-order valence-electron chi connectivity index (χ4n) is 1.21. The zero-order chi connectivity index (χ0) is 10.5. The summed E-state index contributed by atoms with van der Waals surface area (Å²) >= 11 is 0. The number of carboxylic acids is 1. The molecule has 0 aliphatic heterocycles. The zero-order valence-electron chi connectivity index (χ0n) is 6.85. The number of aromatic carboxylic acids is 1. The molecule has 72 valence electrons. The van der Waals surface area contributed by atoms with E-state index < -0.39 is 5.97 Å². The first kappa shape index (κ1) is 8.23. The fraction of sp³-hybridized carbons (Fsp3) is 0. The third kappa shape index (κ3) is 0.815. The van der Waals surface area contributed by atoms with Crippen LogP contribution in [0.1, 0.15) is 10.4 Å². The zero-order valence-corrected chi connectivity index (χ0v) is 6.85. The van der Waals surface area contributed by atoms with Gasteiger partial charge in [-0.05, 0) is 0 Å². The van der Waals surface area contributed by atoms with Gasteiger partial charge in [-0.3, -0.25) is 10.8 Å². The Bertz CT molecular complexity index is 623. The maximum atomic E-state index is 10.6. The second-order valence-corrected chi connectivity index (χ2v) is 2.65. The SMILES string of the molecule is N=c1nc(N)n2c(=N)c(C(=O)O)cn12. The van der Waals surface area contributed by atoms with Crippen molar-refractivity contribution in [1.29, 1.82) is 10.8 Å². The van der Waals surface area contributed by atoms with E-state index in [1.54, 1.807) is 0 Å². The Morgan fingerprint density at radius 3 is 2.71 bits per heavy atom. The number of nitrogens with zero attached hydrogens (tertiary/aromatic N) is 3. The lowest BCUT2D eigenvalue weighted by Crippen LogP contribution is -2.18. The van der Waals surface area contributed by atoms with Gasteiger partial charge in [0.1, 0.15) is 5.56 Å². The molecule has 0 saturated carbocycles. The molecule has 5 N–H and O–H groups in total. The number of nitrogens with two attached hydrogens (primary N) is 1. The van der Waals surface area contributed by atoms with Crippen molar-refractivity contribution >= 4 is 11.9 Å². The van der Waals surface area contributed by atoms with Crippen LogP contribution in [-0.2, 0) is 0 Å². The van der Waals surface area contributed by atoms with Gasteiger partial charge in [-0.15, -0.1) is 0 Å². The Labute approximate surface area is 76.2 Å². The van der Waals surface area contributed by atoms with Crippen LogP contribution in [0.2, 0.25) is 0 Å². The molecule has 0 aliphatic carbocycles. The van der Waals surface area contributed by atoms with Crippen LogP contribution in [0.4, 0.5) is 5.95 Å². The number of fused-ring (bicyclic) bond motifs is 1. The molecule has 0 bridgehead atoms. The van der Waals surface area contributed by atoms with Crippen molar-refractivity contribution in [3.05, 3.63) is 22.9 Å². The standard InChI is InChI=1S/C6H6N6O2/c7-3-2(4(13)14)1-11-5(8)10-6(9)12(3)11/h1,7H,(H,13,14)(H3,8,9,10). The minimum Gasteiger partial charge on any atom is -0.477 e. The number of nitrogens with one attached hydrogen (secondary N) is 2. The molecule has 0 aliphatic rings. The maximum Gasteiger partial charge on any atom is 0.341 e. The quantitative estimate of drug-likeness (QED) is 0.422. The number of carboxylic acid groups (broad SMARTS) is 1. The molecule has 0 unspecified atom stereocenters. The van der Waals surface area contributed by atoms with Crippen molar-refractivity contribution in [2.45, 2.75) is 0 Å². The first-order valence-corrected chi connectivity index (χ1v) is 3.58. The smallest absolute Gasteiger partial charge is 0.341 e. The number of anilines is 1. The van der Waals surface area contributed by atoms with Crippen LogP contribution in [0.3, 0.4) is 0 Å². The van der Waals surface area contributed by atoms with E-state index >= 15 is 0 Å². The lowest BCUT2D eigenvalue weighted by Gasteiger charge is -1.86. The summed E-state index contributed by atoms with van der Waals surface area (Å²) in [6, 6.07) is 0. The summed E-state index contributed by atoms with van der Waals surface area (Å²) in [6.07, 6.45) is 1.14. The van der Waals surface area contributed by atoms with E-state index in [4.69, 9.17) is 21.7 Å². The van der Waals surface area contributed by atoms with Crippen molar-refractivity contribution in [2.75, 3.05) is 5.73 Å². The van der Waals surface area contributed by atoms with Gasteiger partial charge in [0, 0.05) is 6.20 Å². The summed E-state index contributed by atoms with van der Waals surface area (Å²) in [5, 5.41) is 23.5. The maximum absolute atomic E-state index is 10.6. The van der Waals surface area contributed by atoms with Crippen LogP contribution in [0.15, 0.2) is 6.20 Å². The Balaban J connectivity index is 3.03. The van der Waals surface area contributed by atoms with Crippen molar-refractivity contribution in [3.8, 4) is 0 Å². The molecule has 2 aromatic heterocycles. The largest absolute Gasteiger partial charge is 0.477 e. The van der Waals surface area contributed by atoms with Crippen molar-refractivity contribution in [2.24, 2.45) is 0 Å². The Hall–Kier alpha value is -2.38. The van der Waals surface area contributed by atoms with Gasteiger partial charge < -0.3 is 10.8 Å². The molecule has 0 fully saturated rings. The van der Waals surface area contributed by atoms with Gasteiger partial charge in [-0.1, -0.05) is 0 Å². The summed E-state index contributed by atoms with van der Waals surface area (Å²) in [4.78, 5) is 14.2. The fourth-order valence-corrected chi connectivity index (χ4v) is 1.21. The molecule has 0 aromatic carbocycles. The number of aromatic nitrogens is 3. The number of hydrogen-bond acceptors (Lipinski definition) is 5. The van der Waals surface area contributed by atoms with Crippen LogP contribution in [0.25, 0.3) is 0 Å². The molecule has 8 heteroatoms. The molecule has 0 saturated heterocycles. The van der Waals surface area contributed by atoms with E-state index in [-0.39, 0.29) is 22.6 Å². The van der Waals surface area contributed by atoms with E-state index in [0.29, 0.717) is 0 Å². The second-order valence-electron chi connectivity index (χ2n) is 2.65. The van der Waals surface area contributed by atoms with Gasteiger partial charge in [0.25, 0.3) is 0 Å². The summed E-state index contributed by atoms with van der Waals surface area (Å²) in [5.74, 6) is -1.31. The Morgan fingerprint density at radius 1 is 1.57 bits per heavy atom. The van der Waals surface area contributed by atoms with Crippen LogP contribution in [0.5, 0.6) is 0 Å². The molecule has 0 spiro atoms. The molecule has 2 heterocycles. The predicted molar refractivity (Wildman–Crippen MR) is 42.9 cm³/mol. The summed E-state index contributed by atoms with van der Waals surface area (Å²) in [7, 11) is 0. The molecule has 14 heavy (non-hydrogen) atoms. The lowest BCUT2D eigenvalue weighted by atomic mass is 10.4. The molecule has 0 radical (unpaired) electrons. The molecule has 2 rings (SSSR count). The third-order valence-corrected chi connectivity index (χ3v) is 1.82. The molecule has 0 atom stereocenters. The Kier molecular flexibility index (Phi) is 1.36. The van der Waals surface area contributed by atoms with Gasteiger partial charge in [0.15, 0.2) is 5.49 Å². The number of hydrogen-bond donors (Lipinski definition) is 4. The first-order chi connectivity index (χ1) is 6.52. The molecular weight excluding hydrogens is 188 g/mol. The predicted octanol–water partition coefficient (Wildman–Crippen LogP) is -1.89. The summed E-state index contributed by atoms with van der Waals surface area (Å²) in [5.41, 5.74) is 4.68. The molecule has 8 nitrogen and oxygen atoms in total. The van der Waals surface area contributed by atoms with Crippen LogP contribution < -0.4 is 16.8 Å². The van der Waals surface area contributed by atoms with E-state index in [2.05, 4.69) is 4.98 Å². The molecule has 2 aromatic rings. The van der Waals surface area contributed by atoms with Crippen LogP contribution >= 0.6 is 0 Å². The number of nitrogen functional groups attached to an aromatic ring is 1. The highest BCUT2D eigenvalue weighted by molar-refractivity contribution is 5.86. The molecular formula is C6H6N6O2. The van der Waals surface area contributed by atoms with E-state index in [1.165, 1.54) is 0 Å². The monoisotopic (exact) mass is 194 g/mol. The van der Waals surface area contributed by atoms with E-state index in [1.807, 2.05) is 0 Å². The highest BCUT2D eigenvalue weighted by Crippen LogP contribution is 1.94. The van der Waals surface area contributed by atoms with Gasteiger partial charge in [0.05, 0.1) is 0 Å². The van der Waals surface area contributed by atoms with Crippen LogP contribution in [0, 0.1) is 10.8 Å². The minimum absolute atomic E-state index is 0.0764. The van der Waals surface area contributed by atoms with Crippen molar-refractivity contribution in [1.82, 2.24) is 14.0 Å². The van der Waals surface area contributed by atoms with Gasteiger partial charge in [-0.2, -0.15) is 9.50 Å². The first-order valence-electron chi connectivity index (χ1n) is 3.58. The van der Waals surface area contributed by atoms with Crippen LogP contribution in [-0.4, -0.2) is 25.1 Å². The normalized spacial score (nSPS) is 10.9. The summed E-state index contributed by atoms with van der Waals surface area (Å²) in [6.45, 7) is 0. The van der Waals surface area contributed by atoms with Gasteiger partial charge >= 0.3 is 5.97 Å². The van der Waals surface area contributed by atoms with E-state index in [0.717, 1.165) is 15.2 Å². The highest BCUT2D eigenvalue weighted by atomic mass is 16.4. The number of carbonyl (C=O) groups is 1. The minimum atomic E-state index is -1.23. The number of rotatable bonds is 1. The average Bonchev–Trinajstić information content (AvgIpc) is 2.54.